The number of rotatable bonds is 2. The van der Waals surface area contributed by atoms with Crippen LogP contribution in [-0.2, 0) is 6.42 Å². The van der Waals surface area contributed by atoms with E-state index in [1.807, 2.05) is 47.1 Å². The summed E-state index contributed by atoms with van der Waals surface area (Å²) in [6.07, 6.45) is 0.713. The molecule has 1 N–H and O–H groups in total. The Bertz CT molecular complexity index is 819. The Kier molecular flexibility index (Phi) is 2.51. The lowest BCUT2D eigenvalue weighted by molar-refractivity contribution is 0.415. The number of nitrogens with zero attached hydrogens (tertiary/aromatic N) is 2. The zero-order chi connectivity index (χ0) is 14.4. The van der Waals surface area contributed by atoms with Gasteiger partial charge in [-0.15, -0.1) is 0 Å². The first-order valence-electron chi connectivity index (χ1n) is 6.81. The fourth-order valence-corrected chi connectivity index (χ4v) is 2.79. The molecule has 0 radical (unpaired) electrons. The monoisotopic (exact) mass is 278 g/mol. The summed E-state index contributed by atoms with van der Waals surface area (Å²) in [6, 6.07) is 15.6. The predicted molar refractivity (Wildman–Crippen MR) is 80.0 cm³/mol. The van der Waals surface area contributed by atoms with Crippen LogP contribution in [0.25, 0.3) is 16.9 Å². The van der Waals surface area contributed by atoms with Crippen molar-refractivity contribution < 1.29 is 9.84 Å². The van der Waals surface area contributed by atoms with Crippen LogP contribution < -0.4 is 4.74 Å². The maximum absolute atomic E-state index is 10.5. The van der Waals surface area contributed by atoms with E-state index in [0.717, 1.165) is 22.7 Å². The van der Waals surface area contributed by atoms with Crippen LogP contribution in [0.15, 0.2) is 48.5 Å². The average Bonchev–Trinajstić information content (AvgIpc) is 3.05. The molecule has 0 saturated heterocycles. The van der Waals surface area contributed by atoms with Gasteiger partial charge >= 0.3 is 0 Å². The summed E-state index contributed by atoms with van der Waals surface area (Å²) < 4.78 is 6.99. The van der Waals surface area contributed by atoms with Crippen molar-refractivity contribution in [1.82, 2.24) is 9.78 Å². The van der Waals surface area contributed by atoms with Crippen LogP contribution in [0, 0.1) is 0 Å². The topological polar surface area (TPSA) is 47.3 Å². The number of para-hydroxylation sites is 1. The van der Waals surface area contributed by atoms with E-state index in [9.17, 15) is 5.11 Å². The molecule has 0 amide bonds. The third kappa shape index (κ3) is 1.72. The maximum atomic E-state index is 10.5. The first-order valence-corrected chi connectivity index (χ1v) is 6.81. The Balaban J connectivity index is 1.83. The van der Waals surface area contributed by atoms with Crippen molar-refractivity contribution in [1.29, 1.82) is 0 Å². The number of hydrogen-bond acceptors (Lipinski definition) is 3. The minimum atomic E-state index is 0.261. The van der Waals surface area contributed by atoms with Crippen molar-refractivity contribution in [3.05, 3.63) is 59.8 Å². The fraction of sp³-hybridized carbons (Fsp3) is 0.118. The Morgan fingerprint density at radius 1 is 1.10 bits per heavy atom. The van der Waals surface area contributed by atoms with Crippen molar-refractivity contribution in [2.75, 3.05) is 7.11 Å². The van der Waals surface area contributed by atoms with E-state index in [-0.39, 0.29) is 5.75 Å². The summed E-state index contributed by atoms with van der Waals surface area (Å²) in [5.41, 5.74) is 4.58. The molecule has 0 fully saturated rings. The summed E-state index contributed by atoms with van der Waals surface area (Å²) in [6.45, 7) is 0. The summed E-state index contributed by atoms with van der Waals surface area (Å²) in [5, 5.41) is 15.1. The van der Waals surface area contributed by atoms with Crippen LogP contribution in [0.4, 0.5) is 0 Å². The first kappa shape index (κ1) is 12.0. The molecule has 2 aromatic carbocycles. The molecule has 3 aromatic rings. The van der Waals surface area contributed by atoms with E-state index in [0.29, 0.717) is 12.1 Å². The van der Waals surface area contributed by atoms with Crippen molar-refractivity contribution in [3.63, 3.8) is 0 Å². The second-order valence-electron chi connectivity index (χ2n) is 5.09. The van der Waals surface area contributed by atoms with E-state index in [2.05, 4.69) is 11.2 Å². The zero-order valence-corrected chi connectivity index (χ0v) is 11.6. The second-order valence-corrected chi connectivity index (χ2v) is 5.09. The zero-order valence-electron chi connectivity index (χ0n) is 11.6. The SMILES string of the molecule is COc1ccc(-c2nn3c(c2O)Cc2ccccc2-3)cc1. The third-order valence-corrected chi connectivity index (χ3v) is 3.89. The van der Waals surface area contributed by atoms with Gasteiger partial charge in [0, 0.05) is 12.0 Å². The van der Waals surface area contributed by atoms with Gasteiger partial charge in [-0.1, -0.05) is 18.2 Å². The molecule has 0 unspecified atom stereocenters. The van der Waals surface area contributed by atoms with Crippen LogP contribution in [0.2, 0.25) is 0 Å². The highest BCUT2D eigenvalue weighted by Gasteiger charge is 2.26. The normalized spacial score (nSPS) is 12.0. The van der Waals surface area contributed by atoms with Gasteiger partial charge in [-0.3, -0.25) is 0 Å². The molecular weight excluding hydrogens is 264 g/mol. The number of aromatic nitrogens is 2. The highest BCUT2D eigenvalue weighted by Crippen LogP contribution is 2.39. The minimum Gasteiger partial charge on any atom is -0.504 e. The largest absolute Gasteiger partial charge is 0.504 e. The molecule has 0 saturated carbocycles. The number of ether oxygens (including phenoxy) is 1. The molecule has 0 bridgehead atoms. The smallest absolute Gasteiger partial charge is 0.165 e. The van der Waals surface area contributed by atoms with Gasteiger partial charge in [0.05, 0.1) is 18.5 Å². The van der Waals surface area contributed by atoms with E-state index < -0.39 is 0 Å². The van der Waals surface area contributed by atoms with Gasteiger partial charge < -0.3 is 9.84 Å². The lowest BCUT2D eigenvalue weighted by Gasteiger charge is -2.03. The molecule has 4 heteroatoms. The van der Waals surface area contributed by atoms with Crippen molar-refractivity contribution >= 4 is 0 Å². The number of methoxy groups -OCH3 is 1. The fourth-order valence-electron chi connectivity index (χ4n) is 2.79. The van der Waals surface area contributed by atoms with Gasteiger partial charge in [0.15, 0.2) is 5.75 Å². The molecule has 0 aliphatic carbocycles. The van der Waals surface area contributed by atoms with E-state index in [1.165, 1.54) is 5.56 Å². The van der Waals surface area contributed by atoms with Gasteiger partial charge in [0.1, 0.15) is 11.4 Å². The van der Waals surface area contributed by atoms with Crippen LogP contribution >= 0.6 is 0 Å². The predicted octanol–water partition coefficient (Wildman–Crippen LogP) is 3.16. The molecule has 4 nitrogen and oxygen atoms in total. The summed E-state index contributed by atoms with van der Waals surface area (Å²) >= 11 is 0. The number of benzene rings is 2. The van der Waals surface area contributed by atoms with Crippen LogP contribution in [0.3, 0.4) is 0 Å². The Hall–Kier alpha value is -2.75. The Morgan fingerprint density at radius 3 is 2.62 bits per heavy atom. The van der Waals surface area contributed by atoms with Gasteiger partial charge in [0.2, 0.25) is 0 Å². The lowest BCUT2D eigenvalue weighted by atomic mass is 10.1. The first-order chi connectivity index (χ1) is 10.3. The molecule has 0 spiro atoms. The molecule has 1 aliphatic heterocycles. The Labute approximate surface area is 122 Å². The minimum absolute atomic E-state index is 0.261. The van der Waals surface area contributed by atoms with Crippen molar-refractivity contribution in [2.45, 2.75) is 6.42 Å². The highest BCUT2D eigenvalue weighted by atomic mass is 16.5. The maximum Gasteiger partial charge on any atom is 0.165 e. The number of hydrogen-bond donors (Lipinski definition) is 1. The quantitative estimate of drug-likeness (QED) is 0.612. The van der Waals surface area contributed by atoms with Gasteiger partial charge in [0.25, 0.3) is 0 Å². The highest BCUT2D eigenvalue weighted by molar-refractivity contribution is 5.70. The van der Waals surface area contributed by atoms with Gasteiger partial charge in [-0.05, 0) is 35.9 Å². The van der Waals surface area contributed by atoms with Gasteiger partial charge in [-0.25, -0.2) is 4.68 Å². The Morgan fingerprint density at radius 2 is 1.86 bits per heavy atom. The van der Waals surface area contributed by atoms with Gasteiger partial charge in [-0.2, -0.15) is 5.10 Å². The molecule has 2 heterocycles. The van der Waals surface area contributed by atoms with E-state index >= 15 is 0 Å². The molecular formula is C17H14N2O2. The molecule has 104 valence electrons. The molecule has 21 heavy (non-hydrogen) atoms. The second kappa shape index (κ2) is 4.38. The standard InChI is InChI=1S/C17H14N2O2/c1-21-13-8-6-11(7-9-13)16-17(20)15-10-12-4-2-3-5-14(12)19(15)18-16/h2-9,20H,10H2,1H3. The lowest BCUT2D eigenvalue weighted by Crippen LogP contribution is -1.94. The number of fused-ring (bicyclic) bond motifs is 3. The molecule has 0 atom stereocenters. The van der Waals surface area contributed by atoms with Crippen LogP contribution in [-0.4, -0.2) is 22.0 Å². The summed E-state index contributed by atoms with van der Waals surface area (Å²) in [7, 11) is 1.63. The van der Waals surface area contributed by atoms with Crippen LogP contribution in [0.1, 0.15) is 11.3 Å². The third-order valence-electron chi connectivity index (χ3n) is 3.89. The summed E-state index contributed by atoms with van der Waals surface area (Å²) in [5.74, 6) is 1.05. The molecule has 1 aromatic heterocycles. The number of aromatic hydroxyl groups is 1. The van der Waals surface area contributed by atoms with Crippen LogP contribution in [0.5, 0.6) is 11.5 Å². The molecule has 1 aliphatic rings. The van der Waals surface area contributed by atoms with E-state index in [1.54, 1.807) is 7.11 Å². The van der Waals surface area contributed by atoms with Crippen molar-refractivity contribution in [2.24, 2.45) is 0 Å². The average molecular weight is 278 g/mol. The van der Waals surface area contributed by atoms with E-state index in [4.69, 9.17) is 4.74 Å². The summed E-state index contributed by atoms with van der Waals surface area (Å²) in [4.78, 5) is 0. The molecule has 4 rings (SSSR count). The van der Waals surface area contributed by atoms with Crippen molar-refractivity contribution in [3.8, 4) is 28.4 Å².